The van der Waals surface area contributed by atoms with Gasteiger partial charge in [0.15, 0.2) is 4.96 Å². The molecule has 0 radical (unpaired) electrons. The topological polar surface area (TPSA) is 81.7 Å². The van der Waals surface area contributed by atoms with Gasteiger partial charge >= 0.3 is 0 Å². The molecule has 0 saturated carbocycles. The van der Waals surface area contributed by atoms with E-state index in [1.54, 1.807) is 11.3 Å². The van der Waals surface area contributed by atoms with E-state index in [0.29, 0.717) is 19.7 Å². The van der Waals surface area contributed by atoms with Crippen molar-refractivity contribution in [1.29, 1.82) is 0 Å². The second kappa shape index (κ2) is 5.76. The molecule has 3 N–H and O–H groups in total. The number of hydrogen-bond acceptors (Lipinski definition) is 5. The van der Waals surface area contributed by atoms with E-state index >= 15 is 0 Å². The second-order valence-electron chi connectivity index (χ2n) is 3.52. The molecule has 0 aliphatic heterocycles. The summed E-state index contributed by atoms with van der Waals surface area (Å²) in [6.45, 7) is 1.79. The van der Waals surface area contributed by atoms with Gasteiger partial charge in [0.25, 0.3) is 0 Å². The average molecular weight is 254 g/mol. The summed E-state index contributed by atoms with van der Waals surface area (Å²) in [5, 5.41) is 5.18. The SMILES string of the molecule is NC(=O)COCCNCc1cn2ccsc2n1. The summed E-state index contributed by atoms with van der Waals surface area (Å²) in [7, 11) is 0. The number of hydrogen-bond donors (Lipinski definition) is 2. The molecule has 2 aromatic heterocycles. The Morgan fingerprint density at radius 1 is 1.65 bits per heavy atom. The summed E-state index contributed by atoms with van der Waals surface area (Å²) < 4.78 is 7.01. The molecule has 6 nitrogen and oxygen atoms in total. The van der Waals surface area contributed by atoms with Crippen LogP contribution in [0.15, 0.2) is 17.8 Å². The molecular weight excluding hydrogens is 240 g/mol. The van der Waals surface area contributed by atoms with Crippen molar-refractivity contribution in [3.63, 3.8) is 0 Å². The molecule has 0 unspecified atom stereocenters. The average Bonchev–Trinajstić information content (AvgIpc) is 2.82. The number of nitrogens with two attached hydrogens (primary N) is 1. The molecule has 0 bridgehead atoms. The molecule has 2 rings (SSSR count). The standard InChI is InChI=1S/C10H14N4O2S/c11-9(15)7-16-3-1-12-5-8-6-14-2-4-17-10(14)13-8/h2,4,6,12H,1,3,5,7H2,(H2,11,15). The molecule has 0 aliphatic rings. The van der Waals surface area contributed by atoms with Gasteiger partial charge in [0.2, 0.25) is 5.91 Å². The summed E-state index contributed by atoms with van der Waals surface area (Å²) in [5.74, 6) is -0.445. The monoisotopic (exact) mass is 254 g/mol. The Kier molecular flexibility index (Phi) is 4.08. The summed E-state index contributed by atoms with van der Waals surface area (Å²) in [6, 6.07) is 0. The van der Waals surface area contributed by atoms with E-state index in [-0.39, 0.29) is 6.61 Å². The summed E-state index contributed by atoms with van der Waals surface area (Å²) in [6.07, 6.45) is 3.97. The van der Waals surface area contributed by atoms with Gasteiger partial charge in [-0.3, -0.25) is 9.20 Å². The molecule has 0 aromatic carbocycles. The predicted molar refractivity (Wildman–Crippen MR) is 64.8 cm³/mol. The number of ether oxygens (including phenoxy) is 1. The Balaban J connectivity index is 1.65. The van der Waals surface area contributed by atoms with Gasteiger partial charge in [0.05, 0.1) is 12.3 Å². The smallest absolute Gasteiger partial charge is 0.243 e. The van der Waals surface area contributed by atoms with Crippen LogP contribution in [-0.4, -0.2) is 35.1 Å². The largest absolute Gasteiger partial charge is 0.370 e. The Morgan fingerprint density at radius 3 is 3.29 bits per heavy atom. The Labute approximate surface area is 102 Å². The van der Waals surface area contributed by atoms with Crippen LogP contribution in [0.2, 0.25) is 0 Å². The van der Waals surface area contributed by atoms with Crippen LogP contribution < -0.4 is 11.1 Å². The van der Waals surface area contributed by atoms with Gasteiger partial charge in [0, 0.05) is 30.9 Å². The van der Waals surface area contributed by atoms with Crippen molar-refractivity contribution < 1.29 is 9.53 Å². The fourth-order valence-corrected chi connectivity index (χ4v) is 2.11. The number of fused-ring (bicyclic) bond motifs is 1. The summed E-state index contributed by atoms with van der Waals surface area (Å²) in [5.41, 5.74) is 5.93. The van der Waals surface area contributed by atoms with Crippen LogP contribution in [0.1, 0.15) is 5.69 Å². The molecule has 2 heterocycles. The highest BCUT2D eigenvalue weighted by molar-refractivity contribution is 7.15. The maximum Gasteiger partial charge on any atom is 0.243 e. The molecule has 92 valence electrons. The third-order valence-electron chi connectivity index (χ3n) is 2.12. The van der Waals surface area contributed by atoms with Crippen molar-refractivity contribution in [1.82, 2.24) is 14.7 Å². The lowest BCUT2D eigenvalue weighted by Crippen LogP contribution is -2.23. The molecule has 2 aromatic rings. The van der Waals surface area contributed by atoms with Crippen molar-refractivity contribution in [2.24, 2.45) is 5.73 Å². The number of rotatable bonds is 7. The molecular formula is C10H14N4O2S. The number of imidazole rings is 1. The lowest BCUT2D eigenvalue weighted by molar-refractivity contribution is -0.122. The van der Waals surface area contributed by atoms with Crippen LogP contribution in [0.4, 0.5) is 0 Å². The van der Waals surface area contributed by atoms with Crippen molar-refractivity contribution in [2.75, 3.05) is 19.8 Å². The lowest BCUT2D eigenvalue weighted by Gasteiger charge is -2.02. The minimum atomic E-state index is -0.445. The zero-order chi connectivity index (χ0) is 12.1. The maximum absolute atomic E-state index is 10.4. The van der Waals surface area contributed by atoms with E-state index in [0.717, 1.165) is 10.7 Å². The number of amides is 1. The van der Waals surface area contributed by atoms with Crippen LogP contribution in [0.3, 0.4) is 0 Å². The predicted octanol–water partition coefficient (Wildman–Crippen LogP) is -0.0127. The molecule has 7 heteroatoms. The number of carbonyl (C=O) groups is 1. The van der Waals surface area contributed by atoms with Gasteiger partial charge in [0.1, 0.15) is 6.61 Å². The van der Waals surface area contributed by atoms with E-state index < -0.39 is 5.91 Å². The molecule has 0 saturated heterocycles. The number of primary amides is 1. The Bertz CT molecular complexity index is 465. The van der Waals surface area contributed by atoms with E-state index in [9.17, 15) is 4.79 Å². The normalized spacial score (nSPS) is 11.1. The van der Waals surface area contributed by atoms with Crippen LogP contribution in [0.25, 0.3) is 4.96 Å². The van der Waals surface area contributed by atoms with Crippen molar-refractivity contribution >= 4 is 22.2 Å². The van der Waals surface area contributed by atoms with Gasteiger partial charge in [-0.15, -0.1) is 11.3 Å². The number of carbonyl (C=O) groups excluding carboxylic acids is 1. The minimum Gasteiger partial charge on any atom is -0.370 e. The van der Waals surface area contributed by atoms with Gasteiger partial charge in [-0.2, -0.15) is 0 Å². The zero-order valence-corrected chi connectivity index (χ0v) is 10.1. The summed E-state index contributed by atoms with van der Waals surface area (Å²) in [4.78, 5) is 15.8. The van der Waals surface area contributed by atoms with E-state index in [4.69, 9.17) is 10.5 Å². The Hall–Kier alpha value is -1.44. The first-order chi connectivity index (χ1) is 8.25. The lowest BCUT2D eigenvalue weighted by atomic mass is 10.4. The molecule has 0 spiro atoms. The van der Waals surface area contributed by atoms with Crippen LogP contribution in [0.5, 0.6) is 0 Å². The quantitative estimate of drug-likeness (QED) is 0.681. The highest BCUT2D eigenvalue weighted by Gasteiger charge is 2.01. The van der Waals surface area contributed by atoms with Crippen molar-refractivity contribution in [3.05, 3.63) is 23.5 Å². The van der Waals surface area contributed by atoms with Gasteiger partial charge in [-0.25, -0.2) is 4.98 Å². The first-order valence-corrected chi connectivity index (χ1v) is 6.11. The number of nitrogens with zero attached hydrogens (tertiary/aromatic N) is 2. The van der Waals surface area contributed by atoms with Gasteiger partial charge < -0.3 is 15.8 Å². The molecule has 0 atom stereocenters. The third-order valence-corrected chi connectivity index (χ3v) is 2.89. The highest BCUT2D eigenvalue weighted by Crippen LogP contribution is 2.10. The molecule has 0 aliphatic carbocycles. The van der Waals surface area contributed by atoms with E-state index in [1.165, 1.54) is 0 Å². The third kappa shape index (κ3) is 3.52. The fourth-order valence-electron chi connectivity index (χ4n) is 1.39. The van der Waals surface area contributed by atoms with E-state index in [1.807, 2.05) is 22.2 Å². The number of nitrogens with one attached hydrogen (secondary N) is 1. The second-order valence-corrected chi connectivity index (χ2v) is 4.39. The Morgan fingerprint density at radius 2 is 2.53 bits per heavy atom. The van der Waals surface area contributed by atoms with Crippen LogP contribution in [0, 0.1) is 0 Å². The van der Waals surface area contributed by atoms with Gasteiger partial charge in [-0.05, 0) is 0 Å². The van der Waals surface area contributed by atoms with Crippen molar-refractivity contribution in [3.8, 4) is 0 Å². The van der Waals surface area contributed by atoms with Crippen LogP contribution >= 0.6 is 11.3 Å². The van der Waals surface area contributed by atoms with Crippen molar-refractivity contribution in [2.45, 2.75) is 6.54 Å². The highest BCUT2D eigenvalue weighted by atomic mass is 32.1. The molecule has 0 fully saturated rings. The first kappa shape index (κ1) is 12.0. The van der Waals surface area contributed by atoms with E-state index in [2.05, 4.69) is 10.3 Å². The maximum atomic E-state index is 10.4. The van der Waals surface area contributed by atoms with Crippen LogP contribution in [-0.2, 0) is 16.1 Å². The minimum absolute atomic E-state index is 0.0259. The number of aromatic nitrogens is 2. The summed E-state index contributed by atoms with van der Waals surface area (Å²) >= 11 is 1.61. The van der Waals surface area contributed by atoms with Gasteiger partial charge in [-0.1, -0.05) is 0 Å². The fraction of sp³-hybridized carbons (Fsp3) is 0.400. The molecule has 1 amide bonds. The molecule has 17 heavy (non-hydrogen) atoms. The number of thiazole rings is 1. The first-order valence-electron chi connectivity index (χ1n) is 5.23. The zero-order valence-electron chi connectivity index (χ0n) is 9.26.